The number of carbonyl (C=O) groups excluding carboxylic acids is 1. The maximum Gasteiger partial charge on any atom is 0.264 e. The van der Waals surface area contributed by atoms with Gasteiger partial charge in [-0.1, -0.05) is 6.08 Å². The highest BCUT2D eigenvalue weighted by molar-refractivity contribution is 7.15. The molecule has 1 aliphatic carbocycles. The fraction of sp³-hybridized carbons (Fsp3) is 0.440. The van der Waals surface area contributed by atoms with Crippen LogP contribution >= 0.6 is 11.3 Å². The van der Waals surface area contributed by atoms with E-state index in [2.05, 4.69) is 68.7 Å². The first-order chi connectivity index (χ1) is 16.7. The minimum Gasteiger partial charge on any atom is -0.369 e. The molecule has 1 amide bonds. The number of nitrogens with one attached hydrogen (secondary N) is 4. The van der Waals surface area contributed by atoms with Crippen LogP contribution in [0.15, 0.2) is 41.4 Å². The highest BCUT2D eigenvalue weighted by atomic mass is 32.1. The normalized spacial score (nSPS) is 24.1. The molecule has 1 aromatic heterocycles. The summed E-state index contributed by atoms with van der Waals surface area (Å²) in [5.74, 6) is 1.24. The summed E-state index contributed by atoms with van der Waals surface area (Å²) in [5.41, 5.74) is 3.49. The first kappa shape index (κ1) is 21.6. The van der Waals surface area contributed by atoms with E-state index < -0.39 is 0 Å². The lowest BCUT2D eigenvalue weighted by atomic mass is 9.87. The molecule has 2 fully saturated rings. The highest BCUT2D eigenvalue weighted by Crippen LogP contribution is 2.39. The van der Waals surface area contributed by atoms with Crippen LogP contribution in [0.5, 0.6) is 0 Å². The maximum atomic E-state index is 13.0. The number of thiophene rings is 1. The Balaban J connectivity index is 1.14. The number of carbonyl (C=O) groups is 1. The van der Waals surface area contributed by atoms with Crippen LogP contribution in [0, 0.1) is 5.92 Å². The molecule has 0 radical (unpaired) electrons. The van der Waals surface area contributed by atoms with E-state index in [0.29, 0.717) is 5.92 Å². The summed E-state index contributed by atoms with van der Waals surface area (Å²) in [6, 6.07) is 10.8. The standard InChI is InChI=1S/C25H31N7OS/c33-24(32-13-9-27-10-14-32)22-15-20-21(34-22)6-1-17-16-28-25(30-23(17)20)29-18-2-4-19(5-3-18)31-11-7-26-8-12-31/h1-6,15,17,23,26-27H,7-14,16H2,(H2,28,29,30). The molecule has 9 heteroatoms. The first-order valence-corrected chi connectivity index (χ1v) is 13.0. The number of hydrogen-bond donors (Lipinski definition) is 4. The van der Waals surface area contributed by atoms with Gasteiger partial charge in [0.25, 0.3) is 5.91 Å². The zero-order chi connectivity index (χ0) is 22.9. The van der Waals surface area contributed by atoms with Gasteiger partial charge in [0.15, 0.2) is 5.96 Å². The minimum absolute atomic E-state index is 0.126. The molecule has 6 rings (SSSR count). The molecule has 0 spiro atoms. The van der Waals surface area contributed by atoms with Gasteiger partial charge in [-0.05, 0) is 42.0 Å². The van der Waals surface area contributed by atoms with Crippen molar-refractivity contribution in [3.05, 3.63) is 51.7 Å². The molecule has 0 bridgehead atoms. The van der Waals surface area contributed by atoms with Crippen molar-refractivity contribution in [1.29, 1.82) is 0 Å². The molecular formula is C25H31N7OS. The Labute approximate surface area is 204 Å². The predicted molar refractivity (Wildman–Crippen MR) is 139 cm³/mol. The first-order valence-electron chi connectivity index (χ1n) is 12.2. The third kappa shape index (κ3) is 4.31. The Bertz CT molecular complexity index is 1100. The summed E-state index contributed by atoms with van der Waals surface area (Å²) >= 11 is 1.61. The number of anilines is 2. The Kier molecular flexibility index (Phi) is 5.98. The Morgan fingerprint density at radius 2 is 1.76 bits per heavy atom. The summed E-state index contributed by atoms with van der Waals surface area (Å²) < 4.78 is 0. The molecule has 8 nitrogen and oxygen atoms in total. The van der Waals surface area contributed by atoms with Gasteiger partial charge < -0.3 is 31.1 Å². The van der Waals surface area contributed by atoms with E-state index in [-0.39, 0.29) is 11.9 Å². The number of rotatable bonds is 3. The molecule has 1 aromatic carbocycles. The van der Waals surface area contributed by atoms with Crippen molar-refractivity contribution in [2.45, 2.75) is 6.04 Å². The van der Waals surface area contributed by atoms with Gasteiger partial charge >= 0.3 is 0 Å². The van der Waals surface area contributed by atoms with Gasteiger partial charge in [-0.2, -0.15) is 0 Å². The summed E-state index contributed by atoms with van der Waals surface area (Å²) in [7, 11) is 0. The van der Waals surface area contributed by atoms with E-state index in [1.54, 1.807) is 11.3 Å². The lowest BCUT2D eigenvalue weighted by Crippen LogP contribution is -2.46. The number of benzene rings is 1. The van der Waals surface area contributed by atoms with Crippen LogP contribution in [0.25, 0.3) is 6.08 Å². The van der Waals surface area contributed by atoms with Crippen LogP contribution in [0.3, 0.4) is 0 Å². The average Bonchev–Trinajstić information content (AvgIpc) is 3.35. The van der Waals surface area contributed by atoms with Gasteiger partial charge in [0.05, 0.1) is 17.5 Å². The summed E-state index contributed by atoms with van der Waals surface area (Å²) in [5, 5.41) is 13.8. The van der Waals surface area contributed by atoms with E-state index in [1.807, 2.05) is 4.90 Å². The van der Waals surface area contributed by atoms with E-state index in [4.69, 9.17) is 4.99 Å². The van der Waals surface area contributed by atoms with Crippen molar-refractivity contribution in [2.75, 3.05) is 69.1 Å². The number of guanidine groups is 1. The van der Waals surface area contributed by atoms with Gasteiger partial charge in [-0.3, -0.25) is 9.79 Å². The van der Waals surface area contributed by atoms with Crippen molar-refractivity contribution in [3.8, 4) is 0 Å². The van der Waals surface area contributed by atoms with Crippen LogP contribution in [0.2, 0.25) is 0 Å². The SMILES string of the molecule is O=C(c1cc2c(s1)C=CC1CN=C(Nc3ccc(N4CCNCC4)cc3)NC21)N1CCNCC1. The highest BCUT2D eigenvalue weighted by Gasteiger charge is 2.33. The van der Waals surface area contributed by atoms with Gasteiger partial charge in [-0.15, -0.1) is 11.3 Å². The van der Waals surface area contributed by atoms with Crippen LogP contribution in [0.1, 0.15) is 26.2 Å². The van der Waals surface area contributed by atoms with Gasteiger partial charge in [0.1, 0.15) is 0 Å². The molecular weight excluding hydrogens is 446 g/mol. The van der Waals surface area contributed by atoms with Crippen LogP contribution in [-0.2, 0) is 0 Å². The molecule has 3 aliphatic heterocycles. The van der Waals surface area contributed by atoms with Crippen molar-refractivity contribution < 1.29 is 4.79 Å². The van der Waals surface area contributed by atoms with E-state index in [0.717, 1.165) is 75.4 Å². The van der Waals surface area contributed by atoms with Crippen LogP contribution in [-0.4, -0.2) is 75.7 Å². The number of piperazine rings is 2. The van der Waals surface area contributed by atoms with E-state index in [9.17, 15) is 4.79 Å². The van der Waals surface area contributed by atoms with Crippen molar-refractivity contribution in [2.24, 2.45) is 10.9 Å². The van der Waals surface area contributed by atoms with Crippen LogP contribution in [0.4, 0.5) is 11.4 Å². The molecule has 2 unspecified atom stereocenters. The number of nitrogens with zero attached hydrogens (tertiary/aromatic N) is 3. The molecule has 4 aliphatic rings. The molecule has 2 atom stereocenters. The molecule has 0 saturated carbocycles. The lowest BCUT2D eigenvalue weighted by Gasteiger charge is -2.33. The fourth-order valence-electron chi connectivity index (χ4n) is 5.11. The van der Waals surface area contributed by atoms with Gasteiger partial charge in [0, 0.05) is 74.5 Å². The molecule has 4 heterocycles. The molecule has 2 saturated heterocycles. The fourth-order valence-corrected chi connectivity index (χ4v) is 6.20. The predicted octanol–water partition coefficient (Wildman–Crippen LogP) is 1.96. The van der Waals surface area contributed by atoms with Crippen molar-refractivity contribution in [3.63, 3.8) is 0 Å². The zero-order valence-electron chi connectivity index (χ0n) is 19.2. The quantitative estimate of drug-likeness (QED) is 0.541. The molecule has 34 heavy (non-hydrogen) atoms. The largest absolute Gasteiger partial charge is 0.369 e. The third-order valence-electron chi connectivity index (χ3n) is 7.03. The second-order valence-corrected chi connectivity index (χ2v) is 10.3. The lowest BCUT2D eigenvalue weighted by molar-refractivity contribution is 0.0740. The molecule has 2 aromatic rings. The maximum absolute atomic E-state index is 13.0. The zero-order valence-corrected chi connectivity index (χ0v) is 20.0. The number of hydrogen-bond acceptors (Lipinski definition) is 8. The van der Waals surface area contributed by atoms with Crippen molar-refractivity contribution in [1.82, 2.24) is 20.9 Å². The third-order valence-corrected chi connectivity index (χ3v) is 8.13. The number of aliphatic imine (C=N–C) groups is 1. The minimum atomic E-state index is 0.126. The van der Waals surface area contributed by atoms with E-state index >= 15 is 0 Å². The summed E-state index contributed by atoms with van der Waals surface area (Å²) in [6.07, 6.45) is 4.40. The van der Waals surface area contributed by atoms with Gasteiger partial charge in [-0.25, -0.2) is 0 Å². The van der Waals surface area contributed by atoms with Gasteiger partial charge in [0.2, 0.25) is 0 Å². The summed E-state index contributed by atoms with van der Waals surface area (Å²) in [4.78, 5) is 24.2. The Hall–Kier alpha value is -2.88. The number of fused-ring (bicyclic) bond motifs is 3. The monoisotopic (exact) mass is 477 g/mol. The topological polar surface area (TPSA) is 84.0 Å². The smallest absolute Gasteiger partial charge is 0.264 e. The number of amides is 1. The Morgan fingerprint density at radius 1 is 1.03 bits per heavy atom. The summed E-state index contributed by atoms with van der Waals surface area (Å²) in [6.45, 7) is 8.15. The second-order valence-electron chi connectivity index (χ2n) is 9.22. The Morgan fingerprint density at radius 3 is 2.53 bits per heavy atom. The molecule has 178 valence electrons. The average molecular weight is 478 g/mol. The van der Waals surface area contributed by atoms with E-state index in [1.165, 1.54) is 16.1 Å². The van der Waals surface area contributed by atoms with Crippen molar-refractivity contribution >= 4 is 40.7 Å². The second kappa shape index (κ2) is 9.40. The van der Waals surface area contributed by atoms with Crippen LogP contribution < -0.4 is 26.2 Å². The molecule has 4 N–H and O–H groups in total.